The highest BCUT2D eigenvalue weighted by Gasteiger charge is 2.26. The van der Waals surface area contributed by atoms with Crippen molar-refractivity contribution in [1.29, 1.82) is 0 Å². The van der Waals surface area contributed by atoms with E-state index in [-0.39, 0.29) is 5.92 Å². The van der Waals surface area contributed by atoms with Crippen LogP contribution in [-0.4, -0.2) is 26.2 Å². The molecule has 0 bridgehead atoms. The Bertz CT molecular complexity index is 1330. The van der Waals surface area contributed by atoms with Gasteiger partial charge in [-0.15, -0.1) is 0 Å². The number of nitrogens with one attached hydrogen (secondary N) is 2. The molecule has 2 aromatic carbocycles. The van der Waals surface area contributed by atoms with Crippen molar-refractivity contribution in [2.45, 2.75) is 25.2 Å². The van der Waals surface area contributed by atoms with E-state index in [0.717, 1.165) is 53.2 Å². The predicted octanol–water partition coefficient (Wildman–Crippen LogP) is 5.93. The number of hydrogen-bond donors (Lipinski definition) is 4. The van der Waals surface area contributed by atoms with E-state index in [0.29, 0.717) is 16.4 Å². The Labute approximate surface area is 195 Å². The molecule has 1 aliphatic rings. The Hall–Kier alpha value is -3.84. The largest absolute Gasteiger partial charge is 0.465 e. The van der Waals surface area contributed by atoms with Crippen LogP contribution in [0.4, 0.5) is 16.2 Å². The molecule has 1 amide bonds. The lowest BCUT2D eigenvalue weighted by molar-refractivity contribution is 0.210. The van der Waals surface area contributed by atoms with Crippen LogP contribution >= 0.6 is 11.6 Å². The number of benzene rings is 2. The number of imidazole rings is 1. The Balaban J connectivity index is 1.43. The molecule has 5 rings (SSSR count). The number of hydrogen-bond acceptors (Lipinski definition) is 4. The number of carboxylic acid groups (broad SMARTS) is 1. The smallest absolute Gasteiger partial charge is 0.409 e. The van der Waals surface area contributed by atoms with E-state index in [1.54, 1.807) is 18.2 Å². The van der Waals surface area contributed by atoms with Crippen molar-refractivity contribution < 1.29 is 9.90 Å². The second-order valence-corrected chi connectivity index (χ2v) is 8.57. The number of aromatic nitrogens is 3. The normalized spacial score (nSPS) is 15.1. The Morgan fingerprint density at radius 2 is 1.91 bits per heavy atom. The number of H-pyrrole nitrogens is 1. The number of aryl methyl sites for hydroxylation is 1. The van der Waals surface area contributed by atoms with Gasteiger partial charge in [0.05, 0.1) is 23.5 Å². The first-order valence-corrected chi connectivity index (χ1v) is 11.1. The maximum atomic E-state index is 10.8. The summed E-state index contributed by atoms with van der Waals surface area (Å²) in [7, 11) is 0. The first-order valence-electron chi connectivity index (χ1n) is 10.7. The van der Waals surface area contributed by atoms with Crippen LogP contribution in [0.1, 0.15) is 35.8 Å². The zero-order valence-corrected chi connectivity index (χ0v) is 18.4. The van der Waals surface area contributed by atoms with E-state index in [1.165, 1.54) is 5.56 Å². The zero-order valence-electron chi connectivity index (χ0n) is 17.7. The van der Waals surface area contributed by atoms with Crippen LogP contribution in [0.5, 0.6) is 0 Å². The number of fused-ring (bicyclic) bond motifs is 1. The molecular formula is C25H22ClN5O2. The SMILES string of the molecule is Nc1ccc(Cl)cc1-c1cnc2c(c1)CCCC2c1ncc(-c2ccc(NC(=O)O)cc2)[nH]1. The van der Waals surface area contributed by atoms with Crippen LogP contribution in [-0.2, 0) is 6.42 Å². The van der Waals surface area contributed by atoms with Gasteiger partial charge in [-0.2, -0.15) is 0 Å². The first-order chi connectivity index (χ1) is 16.0. The van der Waals surface area contributed by atoms with Crippen molar-refractivity contribution in [2.75, 3.05) is 11.1 Å². The average Bonchev–Trinajstić information content (AvgIpc) is 3.30. The third-order valence-corrected chi connectivity index (χ3v) is 6.20. The maximum Gasteiger partial charge on any atom is 0.409 e. The number of nitrogens with two attached hydrogens (primary N) is 1. The van der Waals surface area contributed by atoms with Crippen LogP contribution in [0.15, 0.2) is 60.9 Å². The fourth-order valence-electron chi connectivity index (χ4n) is 4.38. The van der Waals surface area contributed by atoms with Gasteiger partial charge in [0, 0.05) is 33.7 Å². The molecule has 7 nitrogen and oxygen atoms in total. The molecule has 8 heteroatoms. The van der Waals surface area contributed by atoms with Crippen LogP contribution in [0.3, 0.4) is 0 Å². The quantitative estimate of drug-likeness (QED) is 0.282. The monoisotopic (exact) mass is 459 g/mol. The first kappa shape index (κ1) is 21.0. The maximum absolute atomic E-state index is 10.8. The molecule has 0 fully saturated rings. The average molecular weight is 460 g/mol. The molecule has 0 aliphatic heterocycles. The summed E-state index contributed by atoms with van der Waals surface area (Å²) in [5, 5.41) is 11.8. The van der Waals surface area contributed by atoms with Crippen molar-refractivity contribution in [1.82, 2.24) is 15.0 Å². The van der Waals surface area contributed by atoms with E-state index in [9.17, 15) is 4.79 Å². The van der Waals surface area contributed by atoms with Gasteiger partial charge < -0.3 is 15.8 Å². The molecule has 0 saturated carbocycles. The van der Waals surface area contributed by atoms with E-state index in [4.69, 9.17) is 27.4 Å². The van der Waals surface area contributed by atoms with Gasteiger partial charge in [0.15, 0.2) is 0 Å². The minimum atomic E-state index is -1.09. The van der Waals surface area contributed by atoms with E-state index in [2.05, 4.69) is 21.4 Å². The molecule has 2 aromatic heterocycles. The summed E-state index contributed by atoms with van der Waals surface area (Å²) in [5.74, 6) is 0.961. The molecular weight excluding hydrogens is 438 g/mol. The van der Waals surface area contributed by atoms with Crippen molar-refractivity contribution in [2.24, 2.45) is 0 Å². The molecule has 0 saturated heterocycles. The fraction of sp³-hybridized carbons (Fsp3) is 0.160. The van der Waals surface area contributed by atoms with Crippen LogP contribution in [0.2, 0.25) is 5.02 Å². The third kappa shape index (κ3) is 4.27. The number of aromatic amines is 1. The van der Waals surface area contributed by atoms with E-state index >= 15 is 0 Å². The van der Waals surface area contributed by atoms with Gasteiger partial charge in [-0.05, 0) is 66.8 Å². The van der Waals surface area contributed by atoms with Crippen molar-refractivity contribution in [3.05, 3.63) is 83.0 Å². The number of nitrogen functional groups attached to an aromatic ring is 1. The van der Waals surface area contributed by atoms with Gasteiger partial charge in [-0.25, -0.2) is 9.78 Å². The van der Waals surface area contributed by atoms with Crippen LogP contribution in [0.25, 0.3) is 22.4 Å². The molecule has 4 aromatic rings. The van der Waals surface area contributed by atoms with Crippen molar-refractivity contribution in [3.63, 3.8) is 0 Å². The number of rotatable bonds is 4. The van der Waals surface area contributed by atoms with E-state index in [1.807, 2.05) is 36.7 Å². The molecule has 166 valence electrons. The van der Waals surface area contributed by atoms with Gasteiger partial charge in [0.2, 0.25) is 0 Å². The lowest BCUT2D eigenvalue weighted by Crippen LogP contribution is -2.14. The summed E-state index contributed by atoms with van der Waals surface area (Å²) in [6.45, 7) is 0. The molecule has 0 spiro atoms. The minimum absolute atomic E-state index is 0.0845. The Morgan fingerprint density at radius 3 is 2.70 bits per heavy atom. The highest BCUT2D eigenvalue weighted by Crippen LogP contribution is 2.37. The molecule has 1 atom stereocenters. The van der Waals surface area contributed by atoms with Crippen LogP contribution < -0.4 is 11.1 Å². The molecule has 1 unspecified atom stereocenters. The van der Waals surface area contributed by atoms with Gasteiger partial charge in [0.1, 0.15) is 5.82 Å². The lowest BCUT2D eigenvalue weighted by Gasteiger charge is -2.23. The molecule has 2 heterocycles. The minimum Gasteiger partial charge on any atom is -0.465 e. The Morgan fingerprint density at radius 1 is 1.09 bits per heavy atom. The van der Waals surface area contributed by atoms with Gasteiger partial charge >= 0.3 is 6.09 Å². The summed E-state index contributed by atoms with van der Waals surface area (Å²) in [4.78, 5) is 23.7. The van der Waals surface area contributed by atoms with Crippen molar-refractivity contribution in [3.8, 4) is 22.4 Å². The number of anilines is 2. The number of carbonyl (C=O) groups is 1. The standard InChI is InChI=1S/C25H22ClN5O2/c26-17-6-9-21(27)20(11-17)16-10-15-2-1-3-19(23(15)28-12-16)24-29-13-22(31-24)14-4-7-18(8-5-14)30-25(32)33/h4-13,19,30H,1-3,27H2,(H,29,31)(H,32,33). The molecule has 1 aliphatic carbocycles. The summed E-state index contributed by atoms with van der Waals surface area (Å²) >= 11 is 6.18. The van der Waals surface area contributed by atoms with E-state index < -0.39 is 6.09 Å². The molecule has 0 radical (unpaired) electrons. The second-order valence-electron chi connectivity index (χ2n) is 8.13. The topological polar surface area (TPSA) is 117 Å². The highest BCUT2D eigenvalue weighted by molar-refractivity contribution is 6.31. The van der Waals surface area contributed by atoms with Gasteiger partial charge in [-0.1, -0.05) is 23.7 Å². The summed E-state index contributed by atoms with van der Waals surface area (Å²) in [6.07, 6.45) is 5.54. The summed E-state index contributed by atoms with van der Waals surface area (Å²) < 4.78 is 0. The number of amides is 1. The number of halogens is 1. The van der Waals surface area contributed by atoms with Crippen molar-refractivity contribution >= 4 is 29.1 Å². The number of nitrogens with zero attached hydrogens (tertiary/aromatic N) is 2. The lowest BCUT2D eigenvalue weighted by atomic mass is 9.85. The second kappa shape index (κ2) is 8.60. The highest BCUT2D eigenvalue weighted by atomic mass is 35.5. The number of pyridine rings is 1. The van der Waals surface area contributed by atoms with Gasteiger partial charge in [0.25, 0.3) is 0 Å². The predicted molar refractivity (Wildman–Crippen MR) is 130 cm³/mol. The summed E-state index contributed by atoms with van der Waals surface area (Å²) in [5.41, 5.74) is 13.3. The molecule has 33 heavy (non-hydrogen) atoms. The third-order valence-electron chi connectivity index (χ3n) is 5.97. The summed E-state index contributed by atoms with van der Waals surface area (Å²) in [6, 6.07) is 14.8. The zero-order chi connectivity index (χ0) is 22.9. The fourth-order valence-corrected chi connectivity index (χ4v) is 4.55. The molecule has 5 N–H and O–H groups in total. The van der Waals surface area contributed by atoms with Crippen LogP contribution in [0, 0.1) is 0 Å². The van der Waals surface area contributed by atoms with Gasteiger partial charge in [-0.3, -0.25) is 10.3 Å². The Kier molecular flexibility index (Phi) is 5.48.